The SMILES string of the molecule is [C-]1=CC=CC1.[Cl][Ti][Cl].c1ccc2[cH-]c(-n3c4ccccc4c4ccccc43)cc2c1. The van der Waals surface area contributed by atoms with Gasteiger partial charge in [0.05, 0.1) is 11.0 Å². The van der Waals surface area contributed by atoms with Crippen molar-refractivity contribution in [3.05, 3.63) is 109 Å². The summed E-state index contributed by atoms with van der Waals surface area (Å²) in [6, 6.07) is 30.3. The fourth-order valence-corrected chi connectivity index (χ4v) is 3.80. The van der Waals surface area contributed by atoms with Gasteiger partial charge < -0.3 is 4.57 Å². The molecule has 1 heterocycles. The van der Waals surface area contributed by atoms with Crippen LogP contribution in [0.4, 0.5) is 0 Å². The first-order chi connectivity index (χ1) is 14.8. The van der Waals surface area contributed by atoms with E-state index in [1.54, 1.807) is 0 Å². The van der Waals surface area contributed by atoms with Gasteiger partial charge in [-0.2, -0.15) is 6.08 Å². The van der Waals surface area contributed by atoms with Crippen molar-refractivity contribution in [3.63, 3.8) is 0 Å². The first-order valence-electron chi connectivity index (χ1n) is 9.65. The van der Waals surface area contributed by atoms with Gasteiger partial charge in [0.25, 0.3) is 0 Å². The standard InChI is InChI=1S/C21H14N.C5H5.2ClH.Ti/c1-2-8-16-14-17(13-15(16)7-1)22-20-11-5-3-9-18(20)19-10-4-6-12-21(19)22;1-2-4-5-3-1;;;/h1-14H;1-3H,4H2;2*1H;/q2*-1;;;+2/p-2. The molecule has 0 N–H and O–H groups in total. The normalized spacial score (nSPS) is 11.9. The molecule has 0 fully saturated rings. The Balaban J connectivity index is 0.000000233. The fourth-order valence-electron chi connectivity index (χ4n) is 3.80. The van der Waals surface area contributed by atoms with Crippen LogP contribution in [0.1, 0.15) is 6.42 Å². The van der Waals surface area contributed by atoms with E-state index in [1.165, 1.54) is 38.3 Å². The molecule has 1 nitrogen and oxygen atoms in total. The van der Waals surface area contributed by atoms with Crippen molar-refractivity contribution >= 4 is 51.2 Å². The van der Waals surface area contributed by atoms with E-state index in [0.29, 0.717) is 0 Å². The minimum Gasteiger partial charge on any atom is -0.328 e. The summed E-state index contributed by atoms with van der Waals surface area (Å²) in [7, 11) is 9.78. The molecule has 30 heavy (non-hydrogen) atoms. The Morgan fingerprint density at radius 2 is 1.43 bits per heavy atom. The predicted octanol–water partition coefficient (Wildman–Crippen LogP) is 8.34. The molecule has 1 aromatic heterocycles. The number of para-hydroxylation sites is 2. The number of hydrogen-bond acceptors (Lipinski definition) is 0. The van der Waals surface area contributed by atoms with E-state index in [4.69, 9.17) is 18.6 Å². The number of hydrogen-bond donors (Lipinski definition) is 0. The van der Waals surface area contributed by atoms with Gasteiger partial charge >= 0.3 is 35.6 Å². The zero-order valence-corrected chi connectivity index (χ0v) is 19.3. The van der Waals surface area contributed by atoms with Gasteiger partial charge in [0.2, 0.25) is 0 Å². The van der Waals surface area contributed by atoms with Gasteiger partial charge in [-0.25, -0.2) is 12.2 Å². The molecule has 0 unspecified atom stereocenters. The fraction of sp³-hybridized carbons (Fsp3) is 0.0385. The molecule has 4 aromatic carbocycles. The minimum absolute atomic E-state index is 0.556. The molecule has 148 valence electrons. The Kier molecular flexibility index (Phi) is 7.20. The number of nitrogens with zero attached hydrogens (tertiary/aromatic N) is 1. The van der Waals surface area contributed by atoms with Crippen LogP contribution in [0.25, 0.3) is 38.3 Å². The zero-order chi connectivity index (χ0) is 20.8. The van der Waals surface area contributed by atoms with Gasteiger partial charge in [-0.05, 0) is 17.8 Å². The summed E-state index contributed by atoms with van der Waals surface area (Å²) in [6.07, 6.45) is 10.0. The Morgan fingerprint density at radius 3 is 1.97 bits per heavy atom. The van der Waals surface area contributed by atoms with Crippen molar-refractivity contribution in [3.8, 4) is 5.69 Å². The summed E-state index contributed by atoms with van der Waals surface area (Å²) in [5.74, 6) is 0. The monoisotopic (exact) mass is 463 g/mol. The molecule has 1 aliphatic carbocycles. The van der Waals surface area contributed by atoms with Crippen LogP contribution in [0.5, 0.6) is 0 Å². The Morgan fingerprint density at radius 1 is 0.833 bits per heavy atom. The Hall–Kier alpha value is -2.16. The zero-order valence-electron chi connectivity index (χ0n) is 16.2. The average Bonchev–Trinajstić information content (AvgIpc) is 3.53. The van der Waals surface area contributed by atoms with Crippen LogP contribution in [0.2, 0.25) is 0 Å². The summed E-state index contributed by atoms with van der Waals surface area (Å²) < 4.78 is 2.37. The second-order valence-corrected chi connectivity index (χ2v) is 9.37. The second-order valence-electron chi connectivity index (χ2n) is 6.79. The van der Waals surface area contributed by atoms with E-state index in [0.717, 1.165) is 6.42 Å². The summed E-state index contributed by atoms with van der Waals surface area (Å²) in [6.45, 7) is 0. The Bertz CT molecular complexity index is 1230. The number of aromatic nitrogens is 1. The molecule has 0 saturated heterocycles. The third-order valence-corrected chi connectivity index (χ3v) is 5.03. The molecule has 0 spiro atoms. The van der Waals surface area contributed by atoms with Crippen LogP contribution in [0.15, 0.2) is 103 Å². The number of rotatable bonds is 1. The van der Waals surface area contributed by atoms with E-state index in [9.17, 15) is 0 Å². The van der Waals surface area contributed by atoms with E-state index < -0.39 is 17.0 Å². The maximum absolute atomic E-state index is 4.89. The summed E-state index contributed by atoms with van der Waals surface area (Å²) >= 11 is -0.556. The Labute approximate surface area is 193 Å². The first-order valence-corrected chi connectivity index (χ1v) is 13.9. The topological polar surface area (TPSA) is 4.93 Å². The molecular weight excluding hydrogens is 445 g/mol. The predicted molar refractivity (Wildman–Crippen MR) is 127 cm³/mol. The van der Waals surface area contributed by atoms with E-state index in [1.807, 2.05) is 12.2 Å². The van der Waals surface area contributed by atoms with Gasteiger partial charge in [0.1, 0.15) is 0 Å². The van der Waals surface area contributed by atoms with Gasteiger partial charge in [-0.1, -0.05) is 42.5 Å². The van der Waals surface area contributed by atoms with Crippen LogP contribution >= 0.6 is 18.6 Å². The smallest absolute Gasteiger partial charge is 0.0523 e. The molecule has 0 aliphatic heterocycles. The summed E-state index contributed by atoms with van der Waals surface area (Å²) in [5, 5.41) is 5.20. The molecule has 1 aliphatic rings. The van der Waals surface area contributed by atoms with Crippen LogP contribution in [-0.4, -0.2) is 4.57 Å². The van der Waals surface area contributed by atoms with E-state index >= 15 is 0 Å². The van der Waals surface area contributed by atoms with Crippen molar-refractivity contribution in [1.82, 2.24) is 4.57 Å². The first kappa shape index (κ1) is 21.1. The number of halogens is 2. The molecule has 4 heteroatoms. The van der Waals surface area contributed by atoms with Crippen molar-refractivity contribution in [2.45, 2.75) is 6.42 Å². The van der Waals surface area contributed by atoms with Crippen LogP contribution < -0.4 is 0 Å². The van der Waals surface area contributed by atoms with Crippen molar-refractivity contribution < 1.29 is 17.0 Å². The largest absolute Gasteiger partial charge is 0.328 e. The second kappa shape index (κ2) is 10.2. The molecule has 0 saturated carbocycles. The van der Waals surface area contributed by atoms with E-state index in [2.05, 4.69) is 102 Å². The van der Waals surface area contributed by atoms with Gasteiger partial charge in [-0.3, -0.25) is 6.08 Å². The summed E-state index contributed by atoms with van der Waals surface area (Å²) in [4.78, 5) is 0. The minimum atomic E-state index is -0.556. The molecular formula is C26H19Cl2NTi-2. The molecule has 5 aromatic rings. The number of fused-ring (bicyclic) bond motifs is 4. The molecule has 6 rings (SSSR count). The average molecular weight is 464 g/mol. The van der Waals surface area contributed by atoms with Gasteiger partial charge in [-0.15, -0.1) is 47.5 Å². The van der Waals surface area contributed by atoms with E-state index in [-0.39, 0.29) is 0 Å². The van der Waals surface area contributed by atoms with Gasteiger partial charge in [0, 0.05) is 10.8 Å². The van der Waals surface area contributed by atoms with Crippen LogP contribution in [0, 0.1) is 6.08 Å². The maximum atomic E-state index is 4.89. The van der Waals surface area contributed by atoms with Crippen molar-refractivity contribution in [2.75, 3.05) is 0 Å². The molecule has 0 atom stereocenters. The number of benzene rings is 3. The molecule has 0 bridgehead atoms. The summed E-state index contributed by atoms with van der Waals surface area (Å²) in [5.41, 5.74) is 3.76. The van der Waals surface area contributed by atoms with Crippen molar-refractivity contribution in [2.24, 2.45) is 0 Å². The number of allylic oxidation sites excluding steroid dienone is 4. The van der Waals surface area contributed by atoms with Gasteiger partial charge in [0.15, 0.2) is 0 Å². The maximum Gasteiger partial charge on any atom is 0.0523 e. The van der Waals surface area contributed by atoms with Crippen LogP contribution in [-0.2, 0) is 17.0 Å². The third kappa shape index (κ3) is 4.45. The quantitative estimate of drug-likeness (QED) is 0.174. The van der Waals surface area contributed by atoms with Crippen molar-refractivity contribution in [1.29, 1.82) is 0 Å². The third-order valence-electron chi connectivity index (χ3n) is 5.03. The molecule has 0 amide bonds. The molecule has 0 radical (unpaired) electrons. The van der Waals surface area contributed by atoms with Crippen LogP contribution in [0.3, 0.4) is 0 Å².